The van der Waals surface area contributed by atoms with Gasteiger partial charge in [0.05, 0.1) is 22.5 Å². The van der Waals surface area contributed by atoms with Gasteiger partial charge in [-0.15, -0.1) is 0 Å². The van der Waals surface area contributed by atoms with Gasteiger partial charge in [-0.05, 0) is 12.1 Å². The number of rotatable bonds is 2. The molecule has 3 heterocycles. The minimum atomic E-state index is -4.51. The van der Waals surface area contributed by atoms with Crippen LogP contribution in [0.25, 0.3) is 33.9 Å². The Hall–Kier alpha value is -2.87. The highest BCUT2D eigenvalue weighted by atomic mass is 35.5. The van der Waals surface area contributed by atoms with Crippen LogP contribution in [0.4, 0.5) is 13.2 Å². The third-order valence-electron chi connectivity index (χ3n) is 4.45. The van der Waals surface area contributed by atoms with Gasteiger partial charge in [0.15, 0.2) is 11.0 Å². The molecule has 0 saturated heterocycles. The highest BCUT2D eigenvalue weighted by Crippen LogP contribution is 2.38. The van der Waals surface area contributed by atoms with E-state index in [1.807, 2.05) is 20.8 Å². The lowest BCUT2D eigenvalue weighted by Gasteiger charge is -2.12. The average Bonchev–Trinajstić information content (AvgIpc) is 3.27. The third-order valence-corrected chi connectivity index (χ3v) is 4.71. The molecule has 0 aliphatic rings. The number of alkyl halides is 3. The van der Waals surface area contributed by atoms with Crippen LogP contribution >= 0.6 is 11.6 Å². The molecule has 0 unspecified atom stereocenters. The number of H-pyrrole nitrogens is 1. The molecule has 150 valence electrons. The minimum Gasteiger partial charge on any atom is -0.353 e. The Kier molecular flexibility index (Phi) is 4.42. The van der Waals surface area contributed by atoms with Crippen molar-refractivity contribution < 1.29 is 17.7 Å². The largest absolute Gasteiger partial charge is 0.417 e. The summed E-state index contributed by atoms with van der Waals surface area (Å²) in [5.74, 6) is 0.771. The number of hydrogen-bond donors (Lipinski definition) is 1. The Bertz CT molecular complexity index is 1200. The first kappa shape index (κ1) is 19.4. The molecule has 0 aliphatic heterocycles. The highest BCUT2D eigenvalue weighted by molar-refractivity contribution is 6.34. The molecule has 4 rings (SSSR count). The van der Waals surface area contributed by atoms with Crippen molar-refractivity contribution in [1.82, 2.24) is 20.1 Å². The summed E-state index contributed by atoms with van der Waals surface area (Å²) in [6.45, 7) is 6.00. The molecule has 0 fully saturated rings. The van der Waals surface area contributed by atoms with E-state index in [4.69, 9.17) is 16.1 Å². The summed E-state index contributed by atoms with van der Waals surface area (Å²) in [7, 11) is 0. The molecule has 3 aromatic heterocycles. The summed E-state index contributed by atoms with van der Waals surface area (Å²) in [6.07, 6.45) is -4.51. The molecule has 0 amide bonds. The van der Waals surface area contributed by atoms with Crippen LogP contribution in [0.1, 0.15) is 32.0 Å². The van der Waals surface area contributed by atoms with Crippen LogP contribution in [0.2, 0.25) is 5.15 Å². The molecule has 1 aromatic carbocycles. The SMILES string of the molecule is CC(C)(C)c1cc(-c2nc3c(Cl)nc(-c4ccccc4C(F)(F)F)cc3[nH]2)on1. The number of pyridine rings is 1. The van der Waals surface area contributed by atoms with Crippen LogP contribution in [-0.4, -0.2) is 20.1 Å². The van der Waals surface area contributed by atoms with Crippen LogP contribution in [0.3, 0.4) is 0 Å². The molecule has 0 bridgehead atoms. The molecule has 0 saturated carbocycles. The topological polar surface area (TPSA) is 67.6 Å². The first-order valence-corrected chi connectivity index (χ1v) is 9.12. The summed E-state index contributed by atoms with van der Waals surface area (Å²) < 4.78 is 45.5. The number of imidazole rings is 1. The van der Waals surface area contributed by atoms with Gasteiger partial charge in [0.1, 0.15) is 5.52 Å². The van der Waals surface area contributed by atoms with Crippen LogP contribution < -0.4 is 0 Å². The van der Waals surface area contributed by atoms with Gasteiger partial charge in [-0.25, -0.2) is 9.97 Å². The molecule has 0 radical (unpaired) electrons. The predicted octanol–water partition coefficient (Wildman–Crippen LogP) is 6.25. The smallest absolute Gasteiger partial charge is 0.353 e. The van der Waals surface area contributed by atoms with E-state index in [2.05, 4.69) is 20.1 Å². The maximum absolute atomic E-state index is 13.4. The Morgan fingerprint density at radius 1 is 1.03 bits per heavy atom. The van der Waals surface area contributed by atoms with Crippen LogP contribution in [-0.2, 0) is 11.6 Å². The molecular weight excluding hydrogens is 405 g/mol. The second-order valence-corrected chi connectivity index (χ2v) is 8.01. The van der Waals surface area contributed by atoms with E-state index < -0.39 is 11.7 Å². The molecule has 0 atom stereocenters. The lowest BCUT2D eigenvalue weighted by Crippen LogP contribution is -2.10. The van der Waals surface area contributed by atoms with Crippen LogP contribution in [0, 0.1) is 0 Å². The van der Waals surface area contributed by atoms with Gasteiger partial charge >= 0.3 is 6.18 Å². The zero-order valence-electron chi connectivity index (χ0n) is 15.7. The maximum atomic E-state index is 13.4. The highest BCUT2D eigenvalue weighted by Gasteiger charge is 2.34. The number of nitrogens with zero attached hydrogens (tertiary/aromatic N) is 3. The van der Waals surface area contributed by atoms with Crippen molar-refractivity contribution in [2.24, 2.45) is 0 Å². The summed E-state index contributed by atoms with van der Waals surface area (Å²) in [5.41, 5.74) is 0.573. The van der Waals surface area contributed by atoms with Crippen molar-refractivity contribution >= 4 is 22.6 Å². The number of hydrogen-bond acceptors (Lipinski definition) is 4. The Morgan fingerprint density at radius 3 is 2.41 bits per heavy atom. The predicted molar refractivity (Wildman–Crippen MR) is 104 cm³/mol. The first-order valence-electron chi connectivity index (χ1n) is 8.74. The molecule has 9 heteroatoms. The zero-order chi connectivity index (χ0) is 21.0. The number of aromatic nitrogens is 4. The van der Waals surface area contributed by atoms with Gasteiger partial charge < -0.3 is 9.51 Å². The Labute approximate surface area is 168 Å². The van der Waals surface area contributed by atoms with E-state index in [0.29, 0.717) is 22.6 Å². The van der Waals surface area contributed by atoms with E-state index in [0.717, 1.165) is 11.8 Å². The maximum Gasteiger partial charge on any atom is 0.417 e. The van der Waals surface area contributed by atoms with Gasteiger partial charge in [0, 0.05) is 17.0 Å². The normalized spacial score (nSPS) is 12.7. The van der Waals surface area contributed by atoms with Crippen molar-refractivity contribution in [1.29, 1.82) is 0 Å². The quantitative estimate of drug-likeness (QED) is 0.389. The average molecular weight is 421 g/mol. The van der Waals surface area contributed by atoms with E-state index >= 15 is 0 Å². The lowest BCUT2D eigenvalue weighted by atomic mass is 9.92. The monoisotopic (exact) mass is 420 g/mol. The van der Waals surface area contributed by atoms with E-state index in [-0.39, 0.29) is 21.8 Å². The molecular formula is C20H16ClF3N4O. The van der Waals surface area contributed by atoms with Crippen LogP contribution in [0.15, 0.2) is 40.9 Å². The number of aromatic amines is 1. The van der Waals surface area contributed by atoms with Crippen LogP contribution in [0.5, 0.6) is 0 Å². The molecule has 0 aliphatic carbocycles. The first-order chi connectivity index (χ1) is 13.5. The summed E-state index contributed by atoms with van der Waals surface area (Å²) in [6, 6.07) is 8.47. The van der Waals surface area contributed by atoms with Gasteiger partial charge in [0.25, 0.3) is 0 Å². The zero-order valence-corrected chi connectivity index (χ0v) is 16.5. The fourth-order valence-corrected chi connectivity index (χ4v) is 3.16. The van der Waals surface area contributed by atoms with Gasteiger partial charge in [-0.1, -0.05) is 55.7 Å². The molecule has 0 spiro atoms. The van der Waals surface area contributed by atoms with E-state index in [1.54, 1.807) is 6.07 Å². The van der Waals surface area contributed by atoms with Crippen molar-refractivity contribution in [2.75, 3.05) is 0 Å². The fourth-order valence-electron chi connectivity index (χ4n) is 2.92. The fraction of sp³-hybridized carbons (Fsp3) is 0.250. The second-order valence-electron chi connectivity index (χ2n) is 7.65. The number of benzene rings is 1. The molecule has 5 nitrogen and oxygen atoms in total. The summed E-state index contributed by atoms with van der Waals surface area (Å²) in [5, 5.41) is 4.04. The molecule has 29 heavy (non-hydrogen) atoms. The van der Waals surface area contributed by atoms with Crippen molar-refractivity contribution in [2.45, 2.75) is 32.4 Å². The van der Waals surface area contributed by atoms with Crippen molar-refractivity contribution in [3.8, 4) is 22.8 Å². The number of fused-ring (bicyclic) bond motifs is 1. The molecule has 4 aromatic rings. The number of nitrogens with one attached hydrogen (secondary N) is 1. The third kappa shape index (κ3) is 3.60. The Balaban J connectivity index is 1.83. The summed E-state index contributed by atoms with van der Waals surface area (Å²) in [4.78, 5) is 11.5. The molecule has 1 N–H and O–H groups in total. The van der Waals surface area contributed by atoms with E-state index in [1.165, 1.54) is 24.3 Å². The Morgan fingerprint density at radius 2 is 1.76 bits per heavy atom. The standard InChI is InChI=1S/C20H16ClF3N4O/c1-19(2,3)15-9-14(29-28-15)18-26-13-8-12(25-17(21)16(13)27-18)10-6-4-5-7-11(10)20(22,23)24/h4-9H,1-3H3,(H,26,27). The van der Waals surface area contributed by atoms with Gasteiger partial charge in [0.2, 0.25) is 5.76 Å². The van der Waals surface area contributed by atoms with Crippen molar-refractivity contribution in [3.63, 3.8) is 0 Å². The summed E-state index contributed by atoms with van der Waals surface area (Å²) >= 11 is 6.24. The second kappa shape index (κ2) is 6.59. The van der Waals surface area contributed by atoms with Crippen molar-refractivity contribution in [3.05, 3.63) is 52.8 Å². The minimum absolute atomic E-state index is 0.00691. The van der Waals surface area contributed by atoms with Gasteiger partial charge in [-0.2, -0.15) is 13.2 Å². The van der Waals surface area contributed by atoms with E-state index in [9.17, 15) is 13.2 Å². The number of halogens is 4. The van der Waals surface area contributed by atoms with Gasteiger partial charge in [-0.3, -0.25) is 0 Å². The lowest BCUT2D eigenvalue weighted by molar-refractivity contribution is -0.137.